The molecule has 7 nitrogen and oxygen atoms in total. The maximum absolute atomic E-state index is 12.2. The van der Waals surface area contributed by atoms with Crippen LogP contribution < -0.4 is 16.0 Å². The Morgan fingerprint density at radius 1 is 1.27 bits per heavy atom. The van der Waals surface area contributed by atoms with Crippen LogP contribution in [0, 0.1) is 0 Å². The van der Waals surface area contributed by atoms with E-state index in [-0.39, 0.29) is 5.69 Å². The molecule has 2 heterocycles. The summed E-state index contributed by atoms with van der Waals surface area (Å²) in [5.74, 6) is -0.546. The van der Waals surface area contributed by atoms with E-state index < -0.39 is 11.6 Å². The molecule has 0 saturated carbocycles. The standard InChI is InChI=1S/C18H17N5O2S/c1-23(2)13-7-5-12(6-8-13)11-19-22-17(24)15-10-14(20-18(25)21-15)16-4-3-9-26-16/h3-11H,1-2H3,(H,22,24)(H,20,21,25)/b19-11+. The number of nitrogens with one attached hydrogen (secondary N) is 2. The van der Waals surface area contributed by atoms with E-state index in [0.717, 1.165) is 16.1 Å². The van der Waals surface area contributed by atoms with Gasteiger partial charge in [-0.2, -0.15) is 10.1 Å². The molecule has 0 aliphatic carbocycles. The summed E-state index contributed by atoms with van der Waals surface area (Å²) in [5, 5.41) is 5.82. The lowest BCUT2D eigenvalue weighted by Crippen LogP contribution is -2.24. The van der Waals surface area contributed by atoms with Crippen molar-refractivity contribution < 1.29 is 4.79 Å². The van der Waals surface area contributed by atoms with E-state index in [1.54, 1.807) is 0 Å². The molecule has 0 saturated heterocycles. The number of thiophene rings is 1. The molecule has 3 aromatic rings. The molecule has 1 aromatic carbocycles. The number of H-pyrrole nitrogens is 1. The third-order valence-corrected chi connectivity index (χ3v) is 4.46. The largest absolute Gasteiger partial charge is 0.378 e. The number of rotatable bonds is 5. The van der Waals surface area contributed by atoms with Gasteiger partial charge in [0.15, 0.2) is 0 Å². The number of carbonyl (C=O) groups is 1. The number of hydrogen-bond donors (Lipinski definition) is 2. The minimum atomic E-state index is -0.579. The van der Waals surface area contributed by atoms with Crippen molar-refractivity contribution >= 4 is 29.1 Å². The van der Waals surface area contributed by atoms with Crippen LogP contribution in [0.4, 0.5) is 5.69 Å². The third kappa shape index (κ3) is 4.22. The second-order valence-corrected chi connectivity index (χ2v) is 6.60. The monoisotopic (exact) mass is 367 g/mol. The highest BCUT2D eigenvalue weighted by molar-refractivity contribution is 7.13. The predicted molar refractivity (Wildman–Crippen MR) is 104 cm³/mol. The van der Waals surface area contributed by atoms with Gasteiger partial charge in [-0.15, -0.1) is 11.3 Å². The van der Waals surface area contributed by atoms with Crippen LogP contribution in [0.3, 0.4) is 0 Å². The van der Waals surface area contributed by atoms with Gasteiger partial charge in [-0.1, -0.05) is 18.2 Å². The molecule has 0 aliphatic heterocycles. The van der Waals surface area contributed by atoms with Crippen molar-refractivity contribution in [2.75, 3.05) is 19.0 Å². The summed E-state index contributed by atoms with van der Waals surface area (Å²) in [4.78, 5) is 33.1. The number of amides is 1. The molecule has 0 aliphatic rings. The van der Waals surface area contributed by atoms with E-state index in [9.17, 15) is 9.59 Å². The number of hydrogen-bond acceptors (Lipinski definition) is 6. The molecule has 8 heteroatoms. The van der Waals surface area contributed by atoms with Gasteiger partial charge < -0.3 is 9.88 Å². The van der Waals surface area contributed by atoms with Crippen LogP contribution in [0.2, 0.25) is 0 Å². The lowest BCUT2D eigenvalue weighted by Gasteiger charge is -2.11. The van der Waals surface area contributed by atoms with Gasteiger partial charge in [0, 0.05) is 19.8 Å². The number of benzene rings is 1. The van der Waals surface area contributed by atoms with Crippen molar-refractivity contribution in [1.29, 1.82) is 0 Å². The molecular weight excluding hydrogens is 350 g/mol. The zero-order valence-corrected chi connectivity index (χ0v) is 15.1. The first-order valence-electron chi connectivity index (χ1n) is 7.79. The lowest BCUT2D eigenvalue weighted by atomic mass is 10.2. The summed E-state index contributed by atoms with van der Waals surface area (Å²) in [5.41, 5.74) is 4.29. The van der Waals surface area contributed by atoms with Crippen LogP contribution in [0.15, 0.2) is 57.7 Å². The number of hydrazone groups is 1. The van der Waals surface area contributed by atoms with Crippen molar-refractivity contribution in [3.8, 4) is 10.6 Å². The fourth-order valence-electron chi connectivity index (χ4n) is 2.22. The van der Waals surface area contributed by atoms with Crippen LogP contribution in [-0.4, -0.2) is 36.2 Å². The first-order chi connectivity index (χ1) is 12.5. The van der Waals surface area contributed by atoms with E-state index >= 15 is 0 Å². The Morgan fingerprint density at radius 3 is 2.69 bits per heavy atom. The zero-order chi connectivity index (χ0) is 18.5. The summed E-state index contributed by atoms with van der Waals surface area (Å²) >= 11 is 1.46. The molecule has 2 N–H and O–H groups in total. The van der Waals surface area contributed by atoms with Crippen molar-refractivity contribution in [2.24, 2.45) is 5.10 Å². The number of carbonyl (C=O) groups excluding carboxylic acids is 1. The van der Waals surface area contributed by atoms with Gasteiger partial charge in [-0.3, -0.25) is 4.79 Å². The lowest BCUT2D eigenvalue weighted by molar-refractivity contribution is 0.0949. The highest BCUT2D eigenvalue weighted by atomic mass is 32.1. The molecule has 0 fully saturated rings. The summed E-state index contributed by atoms with van der Waals surface area (Å²) in [7, 11) is 3.92. The minimum Gasteiger partial charge on any atom is -0.378 e. The van der Waals surface area contributed by atoms with Gasteiger partial charge in [-0.05, 0) is 35.2 Å². The second kappa shape index (κ2) is 7.75. The summed E-state index contributed by atoms with van der Waals surface area (Å²) in [6.07, 6.45) is 1.53. The smallest absolute Gasteiger partial charge is 0.346 e. The molecule has 0 unspecified atom stereocenters. The van der Waals surface area contributed by atoms with Gasteiger partial charge in [0.2, 0.25) is 0 Å². The number of nitrogens with zero attached hydrogens (tertiary/aromatic N) is 3. The van der Waals surface area contributed by atoms with Crippen LogP contribution in [0.5, 0.6) is 0 Å². The van der Waals surface area contributed by atoms with E-state index in [1.807, 2.05) is 60.8 Å². The average Bonchev–Trinajstić information content (AvgIpc) is 3.16. The summed E-state index contributed by atoms with van der Waals surface area (Å²) in [6.45, 7) is 0. The van der Waals surface area contributed by atoms with E-state index in [2.05, 4.69) is 20.5 Å². The molecule has 132 valence electrons. The Bertz CT molecular complexity index is 976. The maximum Gasteiger partial charge on any atom is 0.346 e. The van der Waals surface area contributed by atoms with Crippen molar-refractivity contribution in [1.82, 2.24) is 15.4 Å². The Labute approximate surface area is 154 Å². The van der Waals surface area contributed by atoms with Gasteiger partial charge in [-0.25, -0.2) is 10.2 Å². The summed E-state index contributed by atoms with van der Waals surface area (Å²) in [6, 6.07) is 12.9. The van der Waals surface area contributed by atoms with Crippen LogP contribution >= 0.6 is 11.3 Å². The molecule has 1 amide bonds. The minimum absolute atomic E-state index is 0.0113. The Kier molecular flexibility index (Phi) is 5.23. The van der Waals surface area contributed by atoms with Crippen molar-refractivity contribution in [3.05, 3.63) is 69.6 Å². The first kappa shape index (κ1) is 17.6. The Balaban J connectivity index is 1.71. The molecule has 0 spiro atoms. The fraction of sp³-hybridized carbons (Fsp3) is 0.111. The fourth-order valence-corrected chi connectivity index (χ4v) is 2.92. The highest BCUT2D eigenvalue weighted by Crippen LogP contribution is 2.21. The average molecular weight is 367 g/mol. The van der Waals surface area contributed by atoms with Gasteiger partial charge in [0.1, 0.15) is 5.69 Å². The van der Waals surface area contributed by atoms with E-state index in [4.69, 9.17) is 0 Å². The van der Waals surface area contributed by atoms with Gasteiger partial charge >= 0.3 is 5.69 Å². The Hall–Kier alpha value is -3.26. The molecule has 26 heavy (non-hydrogen) atoms. The van der Waals surface area contributed by atoms with E-state index in [0.29, 0.717) is 5.69 Å². The molecule has 2 aromatic heterocycles. The number of aromatic nitrogens is 2. The number of aromatic amines is 1. The quantitative estimate of drug-likeness (QED) is 0.535. The normalized spacial score (nSPS) is 10.8. The van der Waals surface area contributed by atoms with E-state index in [1.165, 1.54) is 23.6 Å². The first-order valence-corrected chi connectivity index (χ1v) is 8.67. The molecular formula is C18H17N5O2S. The zero-order valence-electron chi connectivity index (χ0n) is 14.3. The number of anilines is 1. The second-order valence-electron chi connectivity index (χ2n) is 5.65. The molecule has 0 radical (unpaired) electrons. The van der Waals surface area contributed by atoms with Crippen LogP contribution in [0.1, 0.15) is 16.1 Å². The third-order valence-electron chi connectivity index (χ3n) is 3.55. The van der Waals surface area contributed by atoms with Gasteiger partial charge in [0.05, 0.1) is 16.8 Å². The molecule has 0 atom stereocenters. The van der Waals surface area contributed by atoms with Crippen LogP contribution in [-0.2, 0) is 0 Å². The van der Waals surface area contributed by atoms with Crippen molar-refractivity contribution in [3.63, 3.8) is 0 Å². The van der Waals surface area contributed by atoms with Crippen molar-refractivity contribution in [2.45, 2.75) is 0 Å². The highest BCUT2D eigenvalue weighted by Gasteiger charge is 2.11. The molecule has 3 rings (SSSR count). The SMILES string of the molecule is CN(C)c1ccc(/C=N/NC(=O)c2cc(-c3cccs3)[nH]c(=O)n2)cc1. The predicted octanol–water partition coefficient (Wildman–Crippen LogP) is 2.33. The van der Waals surface area contributed by atoms with Crippen LogP contribution in [0.25, 0.3) is 10.6 Å². The summed E-state index contributed by atoms with van der Waals surface area (Å²) < 4.78 is 0. The maximum atomic E-state index is 12.2. The molecule has 0 bridgehead atoms. The topological polar surface area (TPSA) is 90.5 Å². The van der Waals surface area contributed by atoms with Gasteiger partial charge in [0.25, 0.3) is 5.91 Å². The Morgan fingerprint density at radius 2 is 2.04 bits per heavy atom.